The minimum Gasteiger partial charge on any atom is -0.456 e. The number of nitrogens with zero attached hydrogens (tertiary/aromatic N) is 2. The molecule has 2 atom stereocenters. The lowest BCUT2D eigenvalue weighted by molar-refractivity contribution is 0.288. The summed E-state index contributed by atoms with van der Waals surface area (Å²) in [7, 11) is 0. The van der Waals surface area contributed by atoms with Crippen LogP contribution in [0.25, 0.3) is 66.6 Å². The summed E-state index contributed by atoms with van der Waals surface area (Å²) in [6, 6.07) is 47.0. The second-order valence-corrected chi connectivity index (χ2v) is 14.8. The van der Waals surface area contributed by atoms with Crippen LogP contribution >= 0.6 is 11.8 Å². The molecule has 3 heterocycles. The molecule has 1 aliphatic heterocycles. The van der Waals surface area contributed by atoms with Crippen LogP contribution in [0.1, 0.15) is 23.8 Å². The third-order valence-electron chi connectivity index (χ3n) is 10.1. The summed E-state index contributed by atoms with van der Waals surface area (Å²) in [5.41, 5.74) is 21.8. The van der Waals surface area contributed by atoms with Crippen molar-refractivity contribution in [3.05, 3.63) is 168 Å². The summed E-state index contributed by atoms with van der Waals surface area (Å²) in [4.78, 5) is 10.1. The fourth-order valence-corrected chi connectivity index (χ4v) is 8.32. The smallest absolute Gasteiger partial charge is 0.170 e. The van der Waals surface area contributed by atoms with E-state index >= 15 is 0 Å². The number of nitrogens with two attached hydrogens (primary N) is 2. The highest BCUT2D eigenvalue weighted by atomic mass is 32.2. The highest BCUT2D eigenvalue weighted by Crippen LogP contribution is 2.44. The minimum absolute atomic E-state index is 0.314. The number of furan rings is 1. The van der Waals surface area contributed by atoms with Crippen LogP contribution in [0.5, 0.6) is 11.5 Å². The molecule has 0 amide bonds. The lowest BCUT2D eigenvalue weighted by Crippen LogP contribution is -2.25. The second-order valence-electron chi connectivity index (χ2n) is 13.6. The maximum absolute atomic E-state index is 6.77. The monoisotopic (exact) mass is 722 g/mol. The number of thioether (sulfide) groups is 1. The van der Waals surface area contributed by atoms with Gasteiger partial charge in [-0.2, -0.15) is 0 Å². The van der Waals surface area contributed by atoms with Crippen molar-refractivity contribution >= 4 is 44.5 Å². The van der Waals surface area contributed by atoms with Crippen molar-refractivity contribution in [2.75, 3.05) is 0 Å². The number of fused-ring (bicyclic) bond motifs is 5. The van der Waals surface area contributed by atoms with Crippen molar-refractivity contribution in [2.45, 2.75) is 23.6 Å². The van der Waals surface area contributed by atoms with Crippen molar-refractivity contribution in [2.24, 2.45) is 11.5 Å². The van der Waals surface area contributed by atoms with Crippen LogP contribution in [-0.2, 0) is 0 Å². The van der Waals surface area contributed by atoms with Crippen molar-refractivity contribution in [1.82, 2.24) is 9.97 Å². The van der Waals surface area contributed by atoms with Gasteiger partial charge in [0.2, 0.25) is 0 Å². The van der Waals surface area contributed by atoms with E-state index in [9.17, 15) is 0 Å². The van der Waals surface area contributed by atoms with Gasteiger partial charge in [-0.3, -0.25) is 0 Å². The second kappa shape index (κ2) is 13.3. The van der Waals surface area contributed by atoms with Crippen LogP contribution < -0.4 is 20.9 Å². The topological polar surface area (TPSA) is 109 Å². The van der Waals surface area contributed by atoms with Gasteiger partial charge in [0.05, 0.1) is 22.1 Å². The molecule has 262 valence electrons. The van der Waals surface area contributed by atoms with Gasteiger partial charge < -0.3 is 25.4 Å². The lowest BCUT2D eigenvalue weighted by Gasteiger charge is -2.28. The molecule has 2 aromatic heterocycles. The van der Waals surface area contributed by atoms with E-state index in [4.69, 9.17) is 35.3 Å². The maximum Gasteiger partial charge on any atom is 0.170 e. The molecule has 0 saturated carbocycles. The first-order valence-electron chi connectivity index (χ1n) is 18.0. The van der Waals surface area contributed by atoms with Gasteiger partial charge in [-0.05, 0) is 76.9 Å². The van der Waals surface area contributed by atoms with E-state index in [-0.39, 0.29) is 10.7 Å². The van der Waals surface area contributed by atoms with Crippen LogP contribution in [0, 0.1) is 0 Å². The Morgan fingerprint density at radius 2 is 1.35 bits per heavy atom. The summed E-state index contributed by atoms with van der Waals surface area (Å²) in [6.45, 7) is 0. The molecule has 0 fully saturated rings. The number of hydrogen-bond donors (Lipinski definition) is 2. The fourth-order valence-electron chi connectivity index (χ4n) is 7.34. The molecule has 10 rings (SSSR count). The SMILES string of the molecule is NC(SC(N)c1ccc2oc3ccccc3c2c1)C1=CC2=C(CC1)Oc1cc(-c3cc(-c4cccc5ccccc45)nc(-c4ccccc4)n3)ccc1O2. The van der Waals surface area contributed by atoms with E-state index < -0.39 is 0 Å². The molecular formula is C46H34N4O3S. The molecule has 2 aliphatic rings. The predicted molar refractivity (Wildman–Crippen MR) is 218 cm³/mol. The molecule has 0 bridgehead atoms. The zero-order valence-corrected chi connectivity index (χ0v) is 29.9. The van der Waals surface area contributed by atoms with Crippen LogP contribution in [0.2, 0.25) is 0 Å². The lowest BCUT2D eigenvalue weighted by atomic mass is 10.00. The molecule has 0 saturated heterocycles. The summed E-state index contributed by atoms with van der Waals surface area (Å²) in [5, 5.41) is 3.79. The third-order valence-corrected chi connectivity index (χ3v) is 11.3. The highest BCUT2D eigenvalue weighted by molar-refractivity contribution is 8.00. The average Bonchev–Trinajstić information content (AvgIpc) is 3.60. The normalized spacial score (nSPS) is 15.0. The Kier molecular flexibility index (Phi) is 8.02. The Hall–Kier alpha value is -6.19. The van der Waals surface area contributed by atoms with Gasteiger partial charge in [-0.25, -0.2) is 9.97 Å². The van der Waals surface area contributed by atoms with Crippen LogP contribution in [0.3, 0.4) is 0 Å². The molecule has 7 nitrogen and oxygen atoms in total. The molecule has 8 heteroatoms. The fraction of sp³-hybridized carbons (Fsp3) is 0.0870. The van der Waals surface area contributed by atoms with Crippen molar-refractivity contribution in [3.63, 3.8) is 0 Å². The molecule has 0 radical (unpaired) electrons. The van der Waals surface area contributed by atoms with Crippen molar-refractivity contribution < 1.29 is 13.9 Å². The van der Waals surface area contributed by atoms with Crippen molar-refractivity contribution in [3.8, 4) is 45.4 Å². The van der Waals surface area contributed by atoms with E-state index in [1.165, 1.54) is 11.8 Å². The molecule has 1 aliphatic carbocycles. The van der Waals surface area contributed by atoms with Gasteiger partial charge >= 0.3 is 0 Å². The molecule has 54 heavy (non-hydrogen) atoms. The Balaban J connectivity index is 0.919. The van der Waals surface area contributed by atoms with E-state index in [0.717, 1.165) is 84.1 Å². The first-order chi connectivity index (χ1) is 26.5. The Bertz CT molecular complexity index is 2800. The Labute approximate surface area is 315 Å². The largest absolute Gasteiger partial charge is 0.456 e. The number of aromatic nitrogens is 2. The molecule has 4 N–H and O–H groups in total. The van der Waals surface area contributed by atoms with Gasteiger partial charge in [0.25, 0.3) is 0 Å². The number of benzene rings is 6. The average molecular weight is 723 g/mol. The summed E-state index contributed by atoms with van der Waals surface area (Å²) < 4.78 is 19.0. The standard InChI is InChI=1S/C46H34N4O3S/c47-44(30-18-20-39-35(23-30)34-14-6-7-16-38(34)51-39)54-45(48)31-19-22-41-43(25-31)53-40-21-17-29(24-42(40)52-41)36-26-37(50-46(49-36)28-10-2-1-3-11-28)33-15-8-12-27-9-4-5-13-32(27)33/h1-18,20-21,23-26,44-45H,19,22,47-48H2. The van der Waals surface area contributed by atoms with Gasteiger partial charge in [0, 0.05) is 33.9 Å². The van der Waals surface area contributed by atoms with Gasteiger partial charge in [-0.1, -0.05) is 97.1 Å². The minimum atomic E-state index is -0.317. The number of rotatable bonds is 7. The first kappa shape index (κ1) is 32.5. The quantitative estimate of drug-likeness (QED) is 0.156. The van der Waals surface area contributed by atoms with E-state index in [1.54, 1.807) is 0 Å². The van der Waals surface area contributed by atoms with Gasteiger partial charge in [0.1, 0.15) is 16.9 Å². The zero-order valence-electron chi connectivity index (χ0n) is 29.1. The van der Waals surface area contributed by atoms with Crippen LogP contribution in [-0.4, -0.2) is 15.3 Å². The summed E-state index contributed by atoms with van der Waals surface area (Å²) in [5.74, 6) is 3.41. The predicted octanol–water partition coefficient (Wildman–Crippen LogP) is 10.9. The Morgan fingerprint density at radius 1 is 0.574 bits per heavy atom. The van der Waals surface area contributed by atoms with Crippen molar-refractivity contribution in [1.29, 1.82) is 0 Å². The molecule has 2 unspecified atom stereocenters. The number of allylic oxidation sites excluding steroid dienone is 2. The number of para-hydroxylation sites is 1. The molecular weight excluding hydrogens is 689 g/mol. The molecule has 6 aromatic carbocycles. The van der Waals surface area contributed by atoms with Crippen LogP contribution in [0.15, 0.2) is 167 Å². The van der Waals surface area contributed by atoms with E-state index in [2.05, 4.69) is 60.7 Å². The third kappa shape index (κ3) is 5.90. The molecule has 8 aromatic rings. The number of ether oxygens (including phenoxy) is 2. The Morgan fingerprint density at radius 3 is 2.26 bits per heavy atom. The number of hydrogen-bond acceptors (Lipinski definition) is 8. The molecule has 0 spiro atoms. The zero-order chi connectivity index (χ0) is 36.2. The van der Waals surface area contributed by atoms with E-state index in [0.29, 0.717) is 29.5 Å². The van der Waals surface area contributed by atoms with Gasteiger partial charge in [0.15, 0.2) is 23.1 Å². The van der Waals surface area contributed by atoms with Crippen LogP contribution in [0.4, 0.5) is 0 Å². The first-order valence-corrected chi connectivity index (χ1v) is 18.9. The maximum atomic E-state index is 6.77. The highest BCUT2D eigenvalue weighted by Gasteiger charge is 2.28. The van der Waals surface area contributed by atoms with E-state index in [1.807, 2.05) is 84.9 Å². The summed E-state index contributed by atoms with van der Waals surface area (Å²) in [6.07, 6.45) is 3.42. The van der Waals surface area contributed by atoms with Gasteiger partial charge in [-0.15, -0.1) is 11.8 Å². The summed E-state index contributed by atoms with van der Waals surface area (Å²) >= 11 is 1.53.